The van der Waals surface area contributed by atoms with E-state index in [2.05, 4.69) is 15.6 Å². The molecule has 0 bridgehead atoms. The number of ether oxygens (including phenoxy) is 2. The Morgan fingerprint density at radius 3 is 2.81 bits per heavy atom. The zero-order valence-electron chi connectivity index (χ0n) is 17.7. The van der Waals surface area contributed by atoms with Gasteiger partial charge in [-0.25, -0.2) is 9.97 Å². The minimum atomic E-state index is -0.169. The predicted octanol–water partition coefficient (Wildman–Crippen LogP) is 4.13. The molecule has 0 saturated heterocycles. The Hall–Kier alpha value is -4.20. The van der Waals surface area contributed by atoms with Gasteiger partial charge in [0.2, 0.25) is 0 Å². The summed E-state index contributed by atoms with van der Waals surface area (Å²) in [6.07, 6.45) is 3.45. The van der Waals surface area contributed by atoms with Crippen molar-refractivity contribution in [2.75, 3.05) is 30.9 Å². The lowest BCUT2D eigenvalue weighted by Crippen LogP contribution is -2.25. The third kappa shape index (κ3) is 3.56. The van der Waals surface area contributed by atoms with Crippen LogP contribution in [0.4, 0.5) is 11.5 Å². The summed E-state index contributed by atoms with van der Waals surface area (Å²) in [5.41, 5.74) is 4.01. The number of nitrogens with one attached hydrogen (secondary N) is 2. The van der Waals surface area contributed by atoms with E-state index in [1.54, 1.807) is 12.4 Å². The van der Waals surface area contributed by atoms with Crippen molar-refractivity contribution in [3.05, 3.63) is 54.9 Å². The average molecular weight is 427 g/mol. The van der Waals surface area contributed by atoms with Crippen LogP contribution >= 0.6 is 0 Å². The van der Waals surface area contributed by atoms with E-state index >= 15 is 0 Å². The van der Waals surface area contributed by atoms with Gasteiger partial charge in [0, 0.05) is 30.4 Å². The first-order valence-corrected chi connectivity index (χ1v) is 10.3. The fourth-order valence-corrected chi connectivity index (χ4v) is 3.71. The highest BCUT2D eigenvalue weighted by Crippen LogP contribution is 2.38. The molecule has 0 saturated carbocycles. The molecule has 0 atom stereocenters. The summed E-state index contributed by atoms with van der Waals surface area (Å²) in [6.45, 7) is 2.46. The standard InChI is InChI=1S/C24H21N5O3/c1-3-31-20-11-16(14-6-7-19-18(10-14)27-21(30)13-32-19)9-17-22(20)28-23(29-24(17)25-2)15-5-4-8-26-12-15/h4-12H,3,13H2,1-2H3,(H,27,30)(H,25,28,29). The van der Waals surface area contributed by atoms with Gasteiger partial charge < -0.3 is 20.1 Å². The summed E-state index contributed by atoms with van der Waals surface area (Å²) in [4.78, 5) is 25.4. The van der Waals surface area contributed by atoms with Crippen molar-refractivity contribution < 1.29 is 14.3 Å². The largest absolute Gasteiger partial charge is 0.492 e. The molecule has 8 heteroatoms. The van der Waals surface area contributed by atoms with Gasteiger partial charge in [0.1, 0.15) is 22.8 Å². The lowest BCUT2D eigenvalue weighted by molar-refractivity contribution is -0.118. The third-order valence-electron chi connectivity index (χ3n) is 5.17. The average Bonchev–Trinajstić information content (AvgIpc) is 2.83. The van der Waals surface area contributed by atoms with Crippen LogP contribution in [0.15, 0.2) is 54.9 Å². The Bertz CT molecular complexity index is 1320. The molecule has 2 N–H and O–H groups in total. The number of hydrogen-bond donors (Lipinski definition) is 2. The molecule has 8 nitrogen and oxygen atoms in total. The van der Waals surface area contributed by atoms with Crippen molar-refractivity contribution in [1.82, 2.24) is 15.0 Å². The van der Waals surface area contributed by atoms with Crippen LogP contribution < -0.4 is 20.1 Å². The SMILES string of the molecule is CCOc1cc(-c2ccc3c(c2)NC(=O)CO3)cc2c(NC)nc(-c3cccnc3)nc12. The molecule has 0 spiro atoms. The molecule has 4 aromatic rings. The number of fused-ring (bicyclic) bond motifs is 2. The predicted molar refractivity (Wildman–Crippen MR) is 123 cm³/mol. The summed E-state index contributed by atoms with van der Waals surface area (Å²) in [6, 6.07) is 13.5. The van der Waals surface area contributed by atoms with Crippen molar-refractivity contribution >= 4 is 28.3 Å². The second kappa shape index (κ2) is 8.14. The summed E-state index contributed by atoms with van der Waals surface area (Å²) in [7, 11) is 1.83. The molecule has 3 heterocycles. The quantitative estimate of drug-likeness (QED) is 0.494. The summed E-state index contributed by atoms with van der Waals surface area (Å²) < 4.78 is 11.5. The van der Waals surface area contributed by atoms with Gasteiger partial charge in [-0.1, -0.05) is 6.07 Å². The molecular weight excluding hydrogens is 406 g/mol. The van der Waals surface area contributed by atoms with Crippen LogP contribution in [-0.4, -0.2) is 41.1 Å². The van der Waals surface area contributed by atoms with Crippen LogP contribution in [0.1, 0.15) is 6.92 Å². The van der Waals surface area contributed by atoms with Crippen LogP contribution in [0.2, 0.25) is 0 Å². The number of carbonyl (C=O) groups excluding carboxylic acids is 1. The van der Waals surface area contributed by atoms with Crippen LogP contribution in [0.25, 0.3) is 33.4 Å². The molecule has 1 aliphatic rings. The normalized spacial score (nSPS) is 12.6. The maximum atomic E-state index is 11.7. The second-order valence-electron chi connectivity index (χ2n) is 7.24. The minimum absolute atomic E-state index is 0.0267. The number of nitrogens with zero attached hydrogens (tertiary/aromatic N) is 3. The highest BCUT2D eigenvalue weighted by atomic mass is 16.5. The number of hydrogen-bond acceptors (Lipinski definition) is 7. The van der Waals surface area contributed by atoms with Crippen LogP contribution in [0.3, 0.4) is 0 Å². The summed E-state index contributed by atoms with van der Waals surface area (Å²) >= 11 is 0. The molecule has 2 aromatic heterocycles. The Balaban J connectivity index is 1.69. The smallest absolute Gasteiger partial charge is 0.262 e. The first-order chi connectivity index (χ1) is 15.7. The van der Waals surface area contributed by atoms with Crippen LogP contribution in [0.5, 0.6) is 11.5 Å². The molecule has 0 fully saturated rings. The highest BCUT2D eigenvalue weighted by molar-refractivity contribution is 5.99. The van der Waals surface area contributed by atoms with E-state index in [4.69, 9.17) is 19.4 Å². The molecule has 2 aromatic carbocycles. The number of carbonyl (C=O) groups is 1. The number of anilines is 2. The van der Waals surface area contributed by atoms with Crippen molar-refractivity contribution in [2.24, 2.45) is 0 Å². The zero-order valence-corrected chi connectivity index (χ0v) is 17.7. The fraction of sp³-hybridized carbons (Fsp3) is 0.167. The van der Waals surface area contributed by atoms with Gasteiger partial charge in [0.05, 0.1) is 12.3 Å². The maximum absolute atomic E-state index is 11.7. The maximum Gasteiger partial charge on any atom is 0.262 e. The van der Waals surface area contributed by atoms with Crippen molar-refractivity contribution in [1.29, 1.82) is 0 Å². The van der Waals surface area contributed by atoms with Crippen molar-refractivity contribution in [3.63, 3.8) is 0 Å². The number of rotatable bonds is 5. The van der Waals surface area contributed by atoms with E-state index in [9.17, 15) is 4.79 Å². The van der Waals surface area contributed by atoms with E-state index < -0.39 is 0 Å². The van der Waals surface area contributed by atoms with E-state index in [1.807, 2.05) is 56.4 Å². The monoisotopic (exact) mass is 427 g/mol. The summed E-state index contributed by atoms with van der Waals surface area (Å²) in [5, 5.41) is 6.87. The molecule has 0 aliphatic carbocycles. The van der Waals surface area contributed by atoms with Crippen LogP contribution in [-0.2, 0) is 4.79 Å². The van der Waals surface area contributed by atoms with Crippen molar-refractivity contribution in [3.8, 4) is 34.0 Å². The first-order valence-electron chi connectivity index (χ1n) is 10.3. The van der Waals surface area contributed by atoms with Gasteiger partial charge in [-0.3, -0.25) is 9.78 Å². The van der Waals surface area contributed by atoms with E-state index in [0.717, 1.165) is 22.1 Å². The highest BCUT2D eigenvalue weighted by Gasteiger charge is 2.19. The van der Waals surface area contributed by atoms with E-state index in [0.29, 0.717) is 41.0 Å². The Morgan fingerprint density at radius 2 is 2.03 bits per heavy atom. The molecular formula is C24H21N5O3. The van der Waals surface area contributed by atoms with Gasteiger partial charge in [0.25, 0.3) is 5.91 Å². The minimum Gasteiger partial charge on any atom is -0.492 e. The number of amides is 1. The first kappa shape index (κ1) is 19.7. The molecule has 160 valence electrons. The van der Waals surface area contributed by atoms with Crippen molar-refractivity contribution in [2.45, 2.75) is 6.92 Å². The molecule has 1 amide bonds. The summed E-state index contributed by atoms with van der Waals surface area (Å²) in [5.74, 6) is 2.39. The van der Waals surface area contributed by atoms with Crippen LogP contribution in [0, 0.1) is 0 Å². The number of aromatic nitrogens is 3. The fourth-order valence-electron chi connectivity index (χ4n) is 3.71. The third-order valence-corrected chi connectivity index (χ3v) is 5.17. The molecule has 1 aliphatic heterocycles. The number of benzene rings is 2. The zero-order chi connectivity index (χ0) is 22.1. The lowest BCUT2D eigenvalue weighted by Gasteiger charge is -2.19. The Kier molecular flexibility index (Phi) is 5.03. The van der Waals surface area contributed by atoms with Gasteiger partial charge in [-0.05, 0) is 54.4 Å². The van der Waals surface area contributed by atoms with Gasteiger partial charge in [0.15, 0.2) is 12.4 Å². The second-order valence-corrected chi connectivity index (χ2v) is 7.24. The Morgan fingerprint density at radius 1 is 1.12 bits per heavy atom. The van der Waals surface area contributed by atoms with Gasteiger partial charge in [-0.2, -0.15) is 0 Å². The Labute approximate surface area is 184 Å². The van der Waals surface area contributed by atoms with Gasteiger partial charge in [-0.15, -0.1) is 0 Å². The molecule has 0 radical (unpaired) electrons. The number of pyridine rings is 1. The lowest BCUT2D eigenvalue weighted by atomic mass is 10.0. The van der Waals surface area contributed by atoms with E-state index in [1.165, 1.54) is 0 Å². The molecule has 0 unspecified atom stereocenters. The molecule has 32 heavy (non-hydrogen) atoms. The van der Waals surface area contributed by atoms with E-state index in [-0.39, 0.29) is 12.5 Å². The topological polar surface area (TPSA) is 98.3 Å². The van der Waals surface area contributed by atoms with Gasteiger partial charge >= 0.3 is 0 Å². The molecule has 5 rings (SSSR count).